The fourth-order valence-corrected chi connectivity index (χ4v) is 3.21. The molecule has 0 fully saturated rings. The molecule has 4 heteroatoms. The summed E-state index contributed by atoms with van der Waals surface area (Å²) in [7, 11) is -3.75. The van der Waals surface area contributed by atoms with Crippen LogP contribution in [-0.4, -0.2) is 8.42 Å². The number of benzene rings is 2. The molecule has 0 radical (unpaired) electrons. The third-order valence-electron chi connectivity index (χ3n) is 3.27. The van der Waals surface area contributed by atoms with E-state index in [9.17, 15) is 8.42 Å². The van der Waals surface area contributed by atoms with Gasteiger partial charge in [0.1, 0.15) is 6.10 Å². The van der Waals surface area contributed by atoms with Crippen LogP contribution in [0.4, 0.5) is 0 Å². The molecule has 0 heterocycles. The highest BCUT2D eigenvalue weighted by Crippen LogP contribution is 2.27. The van der Waals surface area contributed by atoms with Crippen molar-refractivity contribution in [1.29, 1.82) is 0 Å². The second-order valence-electron chi connectivity index (χ2n) is 5.05. The van der Waals surface area contributed by atoms with Crippen molar-refractivity contribution in [2.24, 2.45) is 0 Å². The van der Waals surface area contributed by atoms with Crippen LogP contribution in [0.3, 0.4) is 0 Å². The molecular formula is C17H20O3S. The molecule has 2 aromatic carbocycles. The second-order valence-corrected chi connectivity index (χ2v) is 6.62. The minimum atomic E-state index is -3.75. The fraction of sp³-hybridized carbons (Fsp3) is 0.294. The smallest absolute Gasteiger partial charge is 0.258 e. The fourth-order valence-electron chi connectivity index (χ4n) is 2.11. The molecule has 0 aromatic heterocycles. The summed E-state index contributed by atoms with van der Waals surface area (Å²) in [4.78, 5) is 0.199. The minimum Gasteiger partial charge on any atom is -0.258 e. The van der Waals surface area contributed by atoms with Crippen LogP contribution in [0.25, 0.3) is 0 Å². The van der Waals surface area contributed by atoms with Crippen LogP contribution in [0, 0.1) is 6.92 Å². The molecule has 112 valence electrons. The molecule has 0 saturated heterocycles. The Morgan fingerprint density at radius 2 is 1.62 bits per heavy atom. The molecule has 1 unspecified atom stereocenters. The van der Waals surface area contributed by atoms with Crippen molar-refractivity contribution in [3.63, 3.8) is 0 Å². The predicted octanol–water partition coefficient (Wildman–Crippen LogP) is 4.24. The Morgan fingerprint density at radius 3 is 2.19 bits per heavy atom. The molecule has 21 heavy (non-hydrogen) atoms. The lowest BCUT2D eigenvalue weighted by atomic mass is 10.1. The number of hydrogen-bond donors (Lipinski definition) is 0. The van der Waals surface area contributed by atoms with Crippen molar-refractivity contribution in [3.05, 3.63) is 65.7 Å². The van der Waals surface area contributed by atoms with Crippen LogP contribution in [0.2, 0.25) is 0 Å². The zero-order valence-electron chi connectivity index (χ0n) is 12.3. The molecule has 0 N–H and O–H groups in total. The maximum Gasteiger partial charge on any atom is 0.297 e. The lowest BCUT2D eigenvalue weighted by Gasteiger charge is -2.17. The van der Waals surface area contributed by atoms with Crippen LogP contribution in [0.15, 0.2) is 59.5 Å². The van der Waals surface area contributed by atoms with E-state index in [1.165, 1.54) is 0 Å². The molecule has 3 nitrogen and oxygen atoms in total. The maximum atomic E-state index is 12.4. The van der Waals surface area contributed by atoms with Crippen molar-refractivity contribution in [2.75, 3.05) is 0 Å². The molecule has 1 atom stereocenters. The van der Waals surface area contributed by atoms with Gasteiger partial charge < -0.3 is 0 Å². The monoisotopic (exact) mass is 304 g/mol. The summed E-state index contributed by atoms with van der Waals surface area (Å²) in [6.45, 7) is 3.93. The van der Waals surface area contributed by atoms with Crippen LogP contribution in [0.5, 0.6) is 0 Å². The van der Waals surface area contributed by atoms with Gasteiger partial charge in [-0.25, -0.2) is 0 Å². The average Bonchev–Trinajstić information content (AvgIpc) is 2.48. The summed E-state index contributed by atoms with van der Waals surface area (Å²) in [6.07, 6.45) is 1.07. The van der Waals surface area contributed by atoms with Gasteiger partial charge in [0.2, 0.25) is 0 Å². The molecule has 2 rings (SSSR count). The molecular weight excluding hydrogens is 284 g/mol. The first kappa shape index (κ1) is 15.7. The average molecular weight is 304 g/mol. The standard InChI is InChI=1S/C17H20O3S/c1-3-7-17(15-8-5-4-6-9-15)20-21(18,19)16-12-10-14(2)11-13-16/h4-6,8-13,17H,3,7H2,1-2H3. The van der Waals surface area contributed by atoms with Crippen molar-refractivity contribution >= 4 is 10.1 Å². The van der Waals surface area contributed by atoms with Gasteiger partial charge in [0.25, 0.3) is 10.1 Å². The van der Waals surface area contributed by atoms with E-state index < -0.39 is 16.2 Å². The lowest BCUT2D eigenvalue weighted by molar-refractivity contribution is 0.201. The van der Waals surface area contributed by atoms with Gasteiger partial charge >= 0.3 is 0 Å². The molecule has 0 bridgehead atoms. The van der Waals surface area contributed by atoms with Crippen molar-refractivity contribution < 1.29 is 12.6 Å². The number of rotatable bonds is 6. The largest absolute Gasteiger partial charge is 0.297 e. The van der Waals surface area contributed by atoms with Gasteiger partial charge in [-0.05, 0) is 31.0 Å². The van der Waals surface area contributed by atoms with E-state index in [-0.39, 0.29) is 4.90 Å². The third kappa shape index (κ3) is 4.16. The number of hydrogen-bond acceptors (Lipinski definition) is 3. The van der Waals surface area contributed by atoms with E-state index in [1.807, 2.05) is 44.2 Å². The van der Waals surface area contributed by atoms with E-state index in [0.717, 1.165) is 17.5 Å². The summed E-state index contributed by atoms with van der Waals surface area (Å²) in [6, 6.07) is 16.2. The normalized spacial score (nSPS) is 13.0. The third-order valence-corrected chi connectivity index (χ3v) is 4.61. The summed E-state index contributed by atoms with van der Waals surface area (Å²) in [5.41, 5.74) is 1.90. The Bertz CT molecular complexity index is 661. The highest BCUT2D eigenvalue weighted by molar-refractivity contribution is 7.86. The van der Waals surface area contributed by atoms with Crippen molar-refractivity contribution in [1.82, 2.24) is 0 Å². The van der Waals surface area contributed by atoms with Gasteiger partial charge in [-0.2, -0.15) is 8.42 Å². The zero-order chi connectivity index (χ0) is 15.3. The first-order valence-corrected chi connectivity index (χ1v) is 8.48. The molecule has 0 saturated carbocycles. The van der Waals surface area contributed by atoms with E-state index in [4.69, 9.17) is 4.18 Å². The molecule has 2 aromatic rings. The first-order chi connectivity index (χ1) is 10.0. The first-order valence-electron chi connectivity index (χ1n) is 7.08. The summed E-state index contributed by atoms with van der Waals surface area (Å²) in [5.74, 6) is 0. The van der Waals surface area contributed by atoms with Crippen LogP contribution < -0.4 is 0 Å². The minimum absolute atomic E-state index is 0.199. The Labute approximate surface area is 126 Å². The quantitative estimate of drug-likeness (QED) is 0.750. The van der Waals surface area contributed by atoms with E-state index in [2.05, 4.69) is 0 Å². The van der Waals surface area contributed by atoms with Crippen LogP contribution >= 0.6 is 0 Å². The highest BCUT2D eigenvalue weighted by Gasteiger charge is 2.22. The summed E-state index contributed by atoms with van der Waals surface area (Å²) >= 11 is 0. The topological polar surface area (TPSA) is 43.4 Å². The van der Waals surface area contributed by atoms with E-state index >= 15 is 0 Å². The molecule has 0 amide bonds. The molecule has 0 aliphatic heterocycles. The molecule has 0 spiro atoms. The SMILES string of the molecule is CCCC(OS(=O)(=O)c1ccc(C)cc1)c1ccccc1. The molecule has 0 aliphatic rings. The number of aryl methyl sites for hydroxylation is 1. The Morgan fingerprint density at radius 1 is 1.00 bits per heavy atom. The van der Waals surface area contributed by atoms with Crippen molar-refractivity contribution in [3.8, 4) is 0 Å². The van der Waals surface area contributed by atoms with Crippen LogP contribution in [-0.2, 0) is 14.3 Å². The van der Waals surface area contributed by atoms with Gasteiger partial charge in [0.15, 0.2) is 0 Å². The van der Waals surface area contributed by atoms with Gasteiger partial charge in [-0.1, -0.05) is 61.4 Å². The van der Waals surface area contributed by atoms with Gasteiger partial charge in [0, 0.05) is 0 Å². The second kappa shape index (κ2) is 6.87. The van der Waals surface area contributed by atoms with E-state index in [0.29, 0.717) is 6.42 Å². The van der Waals surface area contributed by atoms with Gasteiger partial charge in [0.05, 0.1) is 4.90 Å². The molecule has 0 aliphatic carbocycles. The van der Waals surface area contributed by atoms with Gasteiger partial charge in [-0.3, -0.25) is 4.18 Å². The lowest BCUT2D eigenvalue weighted by Crippen LogP contribution is -2.12. The Hall–Kier alpha value is -1.65. The summed E-state index contributed by atoms with van der Waals surface area (Å²) < 4.78 is 30.2. The van der Waals surface area contributed by atoms with Crippen LogP contribution in [0.1, 0.15) is 37.0 Å². The van der Waals surface area contributed by atoms with Crippen molar-refractivity contribution in [2.45, 2.75) is 37.7 Å². The predicted molar refractivity (Wildman–Crippen MR) is 83.5 cm³/mol. The van der Waals surface area contributed by atoms with Gasteiger partial charge in [-0.15, -0.1) is 0 Å². The summed E-state index contributed by atoms with van der Waals surface area (Å²) in [5, 5.41) is 0. The maximum absolute atomic E-state index is 12.4. The highest BCUT2D eigenvalue weighted by atomic mass is 32.2. The Kier molecular flexibility index (Phi) is 5.15. The van der Waals surface area contributed by atoms with E-state index in [1.54, 1.807) is 24.3 Å². The zero-order valence-corrected chi connectivity index (χ0v) is 13.1. The Balaban J connectivity index is 2.25.